The Morgan fingerprint density at radius 1 is 0.840 bits per heavy atom. The number of carboxylic acids is 1. The van der Waals surface area contributed by atoms with Crippen molar-refractivity contribution in [1.29, 1.82) is 0 Å². The van der Waals surface area contributed by atoms with Gasteiger partial charge in [-0.1, -0.05) is 48.5 Å². The van der Waals surface area contributed by atoms with E-state index in [1.54, 1.807) is 63.2 Å². The van der Waals surface area contributed by atoms with Gasteiger partial charge in [-0.05, 0) is 86.0 Å². The molecule has 5 rings (SSSR count). The number of carboxylic acid groups (broad SMARTS) is 1. The minimum Gasteiger partial charge on any atom is -0.489 e. The molecule has 3 amide bonds. The van der Waals surface area contributed by atoms with Crippen LogP contribution in [0.2, 0.25) is 0 Å². The number of urea groups is 1. The number of aliphatic carboxylic acids is 1. The van der Waals surface area contributed by atoms with Crippen LogP contribution in [0, 0.1) is 0 Å². The molecular weight excluding hydrogens is 653 g/mol. The van der Waals surface area contributed by atoms with Crippen LogP contribution in [-0.4, -0.2) is 46.4 Å². The number of nitrogens with zero attached hydrogens (tertiary/aromatic N) is 1. The van der Waals surface area contributed by atoms with Gasteiger partial charge in [0.1, 0.15) is 42.5 Å². The first kappa shape index (κ1) is 35.9. The molecule has 0 bridgehead atoms. The van der Waals surface area contributed by atoms with Crippen molar-refractivity contribution in [2.75, 3.05) is 13.1 Å². The molecule has 1 aliphatic rings. The third kappa shape index (κ3) is 8.80. The van der Waals surface area contributed by atoms with Crippen LogP contribution in [0.5, 0.6) is 17.2 Å². The van der Waals surface area contributed by atoms with Gasteiger partial charge in [0.25, 0.3) is 0 Å². The quantitative estimate of drug-likeness (QED) is 0.170. The average molecular weight is 692 g/mol. The van der Waals surface area contributed by atoms with E-state index in [-0.39, 0.29) is 25.4 Å². The summed E-state index contributed by atoms with van der Waals surface area (Å²) < 4.78 is 55.6. The maximum atomic E-state index is 14.0. The van der Waals surface area contributed by atoms with Crippen molar-refractivity contribution >= 4 is 18.1 Å². The molecule has 1 aliphatic heterocycles. The van der Waals surface area contributed by atoms with E-state index in [9.17, 15) is 32.7 Å². The number of hydrogen-bond acceptors (Lipinski definition) is 6. The van der Waals surface area contributed by atoms with Crippen molar-refractivity contribution in [2.45, 2.75) is 58.0 Å². The van der Waals surface area contributed by atoms with Crippen LogP contribution < -0.4 is 14.8 Å². The maximum Gasteiger partial charge on any atom is 0.526 e. The molecule has 262 valence electrons. The molecule has 2 unspecified atom stereocenters. The summed E-state index contributed by atoms with van der Waals surface area (Å²) in [6.45, 7) is 5.02. The van der Waals surface area contributed by atoms with Crippen molar-refractivity contribution in [1.82, 2.24) is 5.32 Å². The summed E-state index contributed by atoms with van der Waals surface area (Å²) >= 11 is 0. The number of quaternary nitrogens is 1. The molecule has 0 fully saturated rings. The van der Waals surface area contributed by atoms with E-state index in [0.29, 0.717) is 35.7 Å². The Hall–Kier alpha value is -5.36. The number of ether oxygens (including phenoxy) is 3. The van der Waals surface area contributed by atoms with E-state index in [0.717, 1.165) is 23.3 Å². The molecule has 0 radical (unpaired) electrons. The maximum absolute atomic E-state index is 14.0. The third-order valence-electron chi connectivity index (χ3n) is 8.22. The summed E-state index contributed by atoms with van der Waals surface area (Å²) in [5.74, 6) is -1.26. The molecular formula is C38H38F3N2O7+. The Kier molecular flexibility index (Phi) is 10.5. The SMILES string of the molecule is CC(C)(C)OC(=O)[N+]1(C(=O)NCC(C(=O)O)c2ccc(OCc3ccccc3)cc2)CCc2ccc(Oc3ccc(C(F)(F)F)cc3)cc2C1. The first-order chi connectivity index (χ1) is 23.6. The van der Waals surface area contributed by atoms with E-state index >= 15 is 0 Å². The summed E-state index contributed by atoms with van der Waals surface area (Å²) in [4.78, 5) is 40.1. The number of carbonyl (C=O) groups is 3. The predicted octanol–water partition coefficient (Wildman–Crippen LogP) is 8.46. The zero-order valence-electron chi connectivity index (χ0n) is 27.8. The van der Waals surface area contributed by atoms with Crippen molar-refractivity contribution in [3.8, 4) is 17.2 Å². The molecule has 1 heterocycles. The molecule has 12 heteroatoms. The number of rotatable bonds is 9. The lowest BCUT2D eigenvalue weighted by Crippen LogP contribution is -2.63. The van der Waals surface area contributed by atoms with Gasteiger partial charge in [0.15, 0.2) is 0 Å². The highest BCUT2D eigenvalue weighted by Crippen LogP contribution is 2.34. The lowest BCUT2D eigenvalue weighted by molar-refractivity contribution is -0.795. The van der Waals surface area contributed by atoms with Crippen molar-refractivity contribution in [3.63, 3.8) is 0 Å². The second kappa shape index (κ2) is 14.6. The number of amides is 3. The van der Waals surface area contributed by atoms with Crippen molar-refractivity contribution < 1.29 is 51.4 Å². The minimum absolute atomic E-state index is 0.0536. The summed E-state index contributed by atoms with van der Waals surface area (Å²) in [6.07, 6.45) is -4.97. The topological polar surface area (TPSA) is 111 Å². The van der Waals surface area contributed by atoms with Crippen LogP contribution >= 0.6 is 0 Å². The van der Waals surface area contributed by atoms with Gasteiger partial charge in [-0.25, -0.2) is 4.79 Å². The van der Waals surface area contributed by atoms with Gasteiger partial charge in [0.05, 0.1) is 11.5 Å². The van der Waals surface area contributed by atoms with E-state index in [1.807, 2.05) is 30.3 Å². The Morgan fingerprint density at radius 3 is 2.10 bits per heavy atom. The predicted molar refractivity (Wildman–Crippen MR) is 178 cm³/mol. The van der Waals surface area contributed by atoms with Crippen LogP contribution in [0.1, 0.15) is 54.5 Å². The zero-order valence-corrected chi connectivity index (χ0v) is 27.8. The van der Waals surface area contributed by atoms with Crippen LogP contribution in [-0.2, 0) is 35.3 Å². The fourth-order valence-corrected chi connectivity index (χ4v) is 5.57. The number of halogens is 3. The van der Waals surface area contributed by atoms with Gasteiger partial charge in [-0.15, -0.1) is 4.48 Å². The third-order valence-corrected chi connectivity index (χ3v) is 8.22. The molecule has 0 spiro atoms. The van der Waals surface area contributed by atoms with Crippen LogP contribution in [0.4, 0.5) is 22.8 Å². The standard InChI is InChI=1S/C38H37F3N2O7/c1-37(2,3)50-36(47)43(20-19-26-9-16-32(21-28(26)23-43)49-31-17-12-29(13-18-31)38(39,40)41)35(46)42-22-33(34(44)45)27-10-14-30(15-11-27)48-24-25-7-5-4-6-8-25/h4-18,21,33H,19-20,22-24H2,1-3H3,(H-,42,44,45,46)/p+1. The number of benzene rings is 4. The second-order valence-corrected chi connectivity index (χ2v) is 13.1. The van der Waals surface area contributed by atoms with Gasteiger partial charge in [-0.2, -0.15) is 18.0 Å². The molecule has 9 nitrogen and oxygen atoms in total. The minimum atomic E-state index is -4.49. The smallest absolute Gasteiger partial charge is 0.489 e. The number of imide groups is 1. The average Bonchev–Trinajstić information content (AvgIpc) is 3.07. The molecule has 50 heavy (non-hydrogen) atoms. The summed E-state index contributed by atoms with van der Waals surface area (Å²) in [5, 5.41) is 12.8. The van der Waals surface area contributed by atoms with E-state index in [4.69, 9.17) is 14.2 Å². The Bertz CT molecular complexity index is 1820. The monoisotopic (exact) mass is 691 g/mol. The Labute approximate surface area is 287 Å². The highest BCUT2D eigenvalue weighted by atomic mass is 19.4. The van der Waals surface area contributed by atoms with Crippen molar-refractivity contribution in [2.24, 2.45) is 0 Å². The van der Waals surface area contributed by atoms with Gasteiger partial charge in [0, 0.05) is 18.5 Å². The lowest BCUT2D eigenvalue weighted by atomic mass is 9.97. The van der Waals surface area contributed by atoms with Crippen LogP contribution in [0.25, 0.3) is 0 Å². The largest absolute Gasteiger partial charge is 0.526 e. The van der Waals surface area contributed by atoms with Crippen molar-refractivity contribution in [3.05, 3.63) is 125 Å². The lowest BCUT2D eigenvalue weighted by Gasteiger charge is -2.37. The van der Waals surface area contributed by atoms with Crippen LogP contribution in [0.3, 0.4) is 0 Å². The highest BCUT2D eigenvalue weighted by Gasteiger charge is 2.51. The summed E-state index contributed by atoms with van der Waals surface area (Å²) in [7, 11) is 0. The highest BCUT2D eigenvalue weighted by molar-refractivity contribution is 5.82. The van der Waals surface area contributed by atoms with E-state index in [1.165, 1.54) is 12.1 Å². The molecule has 0 aliphatic carbocycles. The molecule has 2 N–H and O–H groups in total. The summed E-state index contributed by atoms with van der Waals surface area (Å²) in [6, 6.07) is 24.8. The normalized spacial score (nSPS) is 16.4. The Balaban J connectivity index is 1.33. The van der Waals surface area contributed by atoms with Gasteiger partial charge < -0.3 is 24.6 Å². The zero-order chi connectivity index (χ0) is 36.1. The molecule has 0 saturated carbocycles. The van der Waals surface area contributed by atoms with Gasteiger partial charge >= 0.3 is 24.3 Å². The summed E-state index contributed by atoms with van der Waals surface area (Å²) in [5.41, 5.74) is 1.13. The van der Waals surface area contributed by atoms with E-state index in [2.05, 4.69) is 5.32 Å². The first-order valence-electron chi connectivity index (χ1n) is 16.0. The molecule has 0 saturated heterocycles. The number of nitrogens with one attached hydrogen (secondary N) is 1. The van der Waals surface area contributed by atoms with Gasteiger partial charge in [-0.3, -0.25) is 4.79 Å². The molecule has 4 aromatic carbocycles. The second-order valence-electron chi connectivity index (χ2n) is 13.1. The first-order valence-corrected chi connectivity index (χ1v) is 16.0. The number of fused-ring (bicyclic) bond motifs is 1. The number of alkyl halides is 3. The van der Waals surface area contributed by atoms with Gasteiger partial charge in [0.2, 0.25) is 0 Å². The molecule has 0 aromatic heterocycles. The van der Waals surface area contributed by atoms with E-state index < -0.39 is 45.8 Å². The Morgan fingerprint density at radius 2 is 1.48 bits per heavy atom. The fraction of sp³-hybridized carbons (Fsp3) is 0.289. The molecule has 4 aromatic rings. The number of hydrogen-bond donors (Lipinski definition) is 2. The fourth-order valence-electron chi connectivity index (χ4n) is 5.57. The van der Waals surface area contributed by atoms with Crippen LogP contribution in [0.15, 0.2) is 97.1 Å². The molecule has 2 atom stereocenters. The number of carbonyl (C=O) groups excluding carboxylic acids is 2.